The standard InChI is InChI=1S/C79H153NO5/c1-3-5-7-9-11-13-15-17-18-19-20-38-41-44-48-51-55-59-63-67-71-77(82)76(75-81)80-78(83)72-68-64-60-56-52-49-45-42-39-36-34-32-30-28-26-24-22-21-23-25-27-29-31-33-35-37-40-43-46-50-54-58-62-66-70-74-85-79(84)73-69-65-61-57-53-47-16-14-12-10-8-6-4-2/h8,10,14,16,76-77,81-82H,3-7,9,11-13,15,17-75H2,1-2H3,(H,80,83)/b10-8-,16-14-. The molecule has 0 saturated carbocycles. The number of rotatable bonds is 74. The molecule has 6 heteroatoms. The Morgan fingerprint density at radius 1 is 0.329 bits per heavy atom. The van der Waals surface area contributed by atoms with Crippen LogP contribution in [0.15, 0.2) is 24.3 Å². The van der Waals surface area contributed by atoms with Gasteiger partial charge in [0.1, 0.15) is 0 Å². The third-order valence-electron chi connectivity index (χ3n) is 18.5. The largest absolute Gasteiger partial charge is 0.466 e. The van der Waals surface area contributed by atoms with Crippen LogP contribution in [0.25, 0.3) is 0 Å². The van der Waals surface area contributed by atoms with E-state index in [4.69, 9.17) is 4.74 Å². The van der Waals surface area contributed by atoms with Crippen LogP contribution in [0.5, 0.6) is 0 Å². The molecule has 0 aromatic carbocycles. The zero-order chi connectivity index (χ0) is 61.3. The highest BCUT2D eigenvalue weighted by Crippen LogP contribution is 2.20. The lowest BCUT2D eigenvalue weighted by atomic mass is 10.0. The third kappa shape index (κ3) is 71.3. The number of ether oxygens (including phenoxy) is 1. The summed E-state index contributed by atoms with van der Waals surface area (Å²) in [6.07, 6.45) is 95.6. The van der Waals surface area contributed by atoms with Crippen LogP contribution >= 0.6 is 0 Å². The molecule has 0 aliphatic heterocycles. The predicted octanol–water partition coefficient (Wildman–Crippen LogP) is 25.7. The Balaban J connectivity index is 3.31. The van der Waals surface area contributed by atoms with Gasteiger partial charge in [-0.2, -0.15) is 0 Å². The number of aliphatic hydroxyl groups excluding tert-OH is 2. The number of amides is 1. The summed E-state index contributed by atoms with van der Waals surface area (Å²) in [6, 6.07) is -0.538. The van der Waals surface area contributed by atoms with Crippen LogP contribution in [-0.4, -0.2) is 47.4 Å². The summed E-state index contributed by atoms with van der Waals surface area (Å²) in [5.41, 5.74) is 0. The molecule has 1 amide bonds. The Morgan fingerprint density at radius 3 is 0.941 bits per heavy atom. The fourth-order valence-electron chi connectivity index (χ4n) is 12.6. The second-order valence-corrected chi connectivity index (χ2v) is 27.0. The Kier molecular flexibility index (Phi) is 73.3. The van der Waals surface area contributed by atoms with E-state index in [9.17, 15) is 19.8 Å². The molecule has 0 aromatic heterocycles. The molecule has 0 fully saturated rings. The molecule has 0 aromatic rings. The summed E-state index contributed by atoms with van der Waals surface area (Å²) < 4.78 is 5.48. The summed E-state index contributed by atoms with van der Waals surface area (Å²) in [7, 11) is 0. The minimum Gasteiger partial charge on any atom is -0.466 e. The van der Waals surface area contributed by atoms with Crippen molar-refractivity contribution in [3.8, 4) is 0 Å². The topological polar surface area (TPSA) is 95.9 Å². The van der Waals surface area contributed by atoms with Gasteiger partial charge in [0.25, 0.3) is 0 Å². The maximum absolute atomic E-state index is 12.6. The maximum Gasteiger partial charge on any atom is 0.305 e. The number of carbonyl (C=O) groups is 2. The van der Waals surface area contributed by atoms with Crippen LogP contribution in [0.4, 0.5) is 0 Å². The number of esters is 1. The molecule has 0 radical (unpaired) electrons. The van der Waals surface area contributed by atoms with E-state index in [0.29, 0.717) is 25.9 Å². The van der Waals surface area contributed by atoms with Gasteiger partial charge in [-0.15, -0.1) is 0 Å². The zero-order valence-electron chi connectivity index (χ0n) is 57.9. The quantitative estimate of drug-likeness (QED) is 0.0320. The monoisotopic (exact) mass is 1200 g/mol. The van der Waals surface area contributed by atoms with Gasteiger partial charge in [0.05, 0.1) is 25.4 Å². The van der Waals surface area contributed by atoms with Gasteiger partial charge in [-0.25, -0.2) is 0 Å². The molecule has 0 spiro atoms. The van der Waals surface area contributed by atoms with Gasteiger partial charge in [0.15, 0.2) is 0 Å². The van der Waals surface area contributed by atoms with Crippen molar-refractivity contribution in [2.45, 2.75) is 456 Å². The lowest BCUT2D eigenvalue weighted by molar-refractivity contribution is -0.143. The van der Waals surface area contributed by atoms with Gasteiger partial charge in [-0.05, 0) is 51.4 Å². The zero-order valence-corrected chi connectivity index (χ0v) is 57.9. The van der Waals surface area contributed by atoms with E-state index < -0.39 is 12.1 Å². The van der Waals surface area contributed by atoms with E-state index >= 15 is 0 Å². The van der Waals surface area contributed by atoms with Crippen LogP contribution in [0.3, 0.4) is 0 Å². The molecule has 0 saturated heterocycles. The molecule has 85 heavy (non-hydrogen) atoms. The van der Waals surface area contributed by atoms with Crippen LogP contribution in [0.2, 0.25) is 0 Å². The molecule has 0 aliphatic rings. The molecule has 3 N–H and O–H groups in total. The maximum atomic E-state index is 12.6. The smallest absolute Gasteiger partial charge is 0.305 e. The van der Waals surface area contributed by atoms with E-state index in [-0.39, 0.29) is 18.5 Å². The van der Waals surface area contributed by atoms with Gasteiger partial charge in [0, 0.05) is 12.8 Å². The fourth-order valence-corrected chi connectivity index (χ4v) is 12.6. The lowest BCUT2D eigenvalue weighted by Crippen LogP contribution is -2.45. The van der Waals surface area contributed by atoms with Crippen molar-refractivity contribution in [1.29, 1.82) is 0 Å². The highest BCUT2D eigenvalue weighted by molar-refractivity contribution is 5.76. The Bertz CT molecular complexity index is 1330. The number of allylic oxidation sites excluding steroid dienone is 4. The van der Waals surface area contributed by atoms with Crippen molar-refractivity contribution < 1.29 is 24.5 Å². The first kappa shape index (κ1) is 83.3. The second kappa shape index (κ2) is 74.8. The summed E-state index contributed by atoms with van der Waals surface area (Å²) in [5, 5.41) is 23.4. The normalized spacial score (nSPS) is 12.6. The first-order valence-electron chi connectivity index (χ1n) is 39.1. The summed E-state index contributed by atoms with van der Waals surface area (Å²) >= 11 is 0. The summed E-state index contributed by atoms with van der Waals surface area (Å²) in [5.74, 6) is -0.0167. The highest BCUT2D eigenvalue weighted by atomic mass is 16.5. The predicted molar refractivity (Wildman–Crippen MR) is 375 cm³/mol. The number of hydrogen-bond donors (Lipinski definition) is 3. The van der Waals surface area contributed by atoms with Crippen molar-refractivity contribution in [1.82, 2.24) is 5.32 Å². The van der Waals surface area contributed by atoms with Crippen LogP contribution in [0.1, 0.15) is 444 Å². The van der Waals surface area contributed by atoms with Crippen molar-refractivity contribution in [2.24, 2.45) is 0 Å². The first-order valence-corrected chi connectivity index (χ1v) is 39.1. The molecule has 0 heterocycles. The minimum atomic E-state index is -0.661. The number of nitrogens with one attached hydrogen (secondary N) is 1. The lowest BCUT2D eigenvalue weighted by Gasteiger charge is -2.22. The van der Waals surface area contributed by atoms with E-state index in [0.717, 1.165) is 51.4 Å². The number of aliphatic hydroxyl groups is 2. The van der Waals surface area contributed by atoms with E-state index in [1.54, 1.807) is 0 Å². The van der Waals surface area contributed by atoms with Crippen LogP contribution in [0, 0.1) is 0 Å². The SMILES string of the molecule is CCC/C=C\C/C=C\CCCCCCCC(=O)OCCCCCCCCCCCCCCCCCCCCCCCCCCCCCCCCCCCCCC(=O)NC(CO)C(O)CCCCCCCCCCCCCCCCCCCCCC. The van der Waals surface area contributed by atoms with Crippen molar-refractivity contribution in [3.63, 3.8) is 0 Å². The van der Waals surface area contributed by atoms with E-state index in [2.05, 4.69) is 43.5 Å². The van der Waals surface area contributed by atoms with Gasteiger partial charge in [0.2, 0.25) is 5.91 Å². The van der Waals surface area contributed by atoms with Gasteiger partial charge < -0.3 is 20.3 Å². The van der Waals surface area contributed by atoms with Gasteiger partial charge in [-0.3, -0.25) is 9.59 Å². The van der Waals surface area contributed by atoms with Crippen LogP contribution in [-0.2, 0) is 14.3 Å². The molecule has 6 nitrogen and oxygen atoms in total. The molecular formula is C79H153NO5. The van der Waals surface area contributed by atoms with Crippen molar-refractivity contribution >= 4 is 11.9 Å². The Hall–Kier alpha value is -1.66. The average Bonchev–Trinajstić information content (AvgIpc) is 3.51. The Labute approximate surface area is 532 Å². The van der Waals surface area contributed by atoms with Crippen LogP contribution < -0.4 is 5.32 Å². The third-order valence-corrected chi connectivity index (χ3v) is 18.5. The second-order valence-electron chi connectivity index (χ2n) is 27.0. The van der Waals surface area contributed by atoms with E-state index in [1.807, 2.05) is 0 Å². The molecule has 0 rings (SSSR count). The number of carbonyl (C=O) groups excluding carboxylic acids is 2. The molecule has 0 bridgehead atoms. The van der Waals surface area contributed by atoms with E-state index in [1.165, 1.54) is 360 Å². The Morgan fingerprint density at radius 2 is 0.612 bits per heavy atom. The molecule has 504 valence electrons. The highest BCUT2D eigenvalue weighted by Gasteiger charge is 2.20. The molecule has 2 unspecified atom stereocenters. The molecular weight excluding hydrogens is 1040 g/mol. The minimum absolute atomic E-state index is 0.00792. The first-order chi connectivity index (χ1) is 42.0. The van der Waals surface area contributed by atoms with Gasteiger partial charge in [-0.1, -0.05) is 404 Å². The van der Waals surface area contributed by atoms with Crippen molar-refractivity contribution in [3.05, 3.63) is 24.3 Å². The van der Waals surface area contributed by atoms with Crippen molar-refractivity contribution in [2.75, 3.05) is 13.2 Å². The fraction of sp³-hybridized carbons (Fsp3) is 0.924. The molecule has 2 atom stereocenters. The summed E-state index contributed by atoms with van der Waals surface area (Å²) in [6.45, 7) is 4.93. The van der Waals surface area contributed by atoms with Gasteiger partial charge >= 0.3 is 5.97 Å². The molecule has 0 aliphatic carbocycles. The number of unbranched alkanes of at least 4 members (excludes halogenated alkanes) is 59. The summed E-state index contributed by atoms with van der Waals surface area (Å²) in [4.78, 5) is 24.6. The number of hydrogen-bond acceptors (Lipinski definition) is 5. The average molecular weight is 1200 g/mol.